The van der Waals surface area contributed by atoms with Crippen molar-refractivity contribution < 1.29 is 18.0 Å². The fraction of sp³-hybridized carbons (Fsp3) is 0.0667. The fourth-order valence-corrected chi connectivity index (χ4v) is 2.38. The second-order valence-electron chi connectivity index (χ2n) is 4.24. The van der Waals surface area contributed by atoms with Crippen LogP contribution in [-0.4, -0.2) is 5.78 Å². The molecule has 2 aromatic carbocycles. The van der Waals surface area contributed by atoms with Gasteiger partial charge < -0.3 is 0 Å². The van der Waals surface area contributed by atoms with Gasteiger partial charge in [0.25, 0.3) is 0 Å². The molecule has 0 bridgehead atoms. The zero-order valence-electron chi connectivity index (χ0n) is 10.8. The van der Waals surface area contributed by atoms with E-state index in [1.54, 1.807) is 12.1 Å². The Labute approximate surface area is 133 Å². The van der Waals surface area contributed by atoms with Crippen LogP contribution in [0.2, 0.25) is 5.02 Å². The summed E-state index contributed by atoms with van der Waals surface area (Å²) in [4.78, 5) is 12.9. The molecular formula is C15H7ClF3NOS. The van der Waals surface area contributed by atoms with Crippen LogP contribution in [0.4, 0.5) is 13.2 Å². The van der Waals surface area contributed by atoms with E-state index in [2.05, 4.69) is 0 Å². The van der Waals surface area contributed by atoms with Gasteiger partial charge in [0.05, 0.1) is 10.6 Å². The smallest absolute Gasteiger partial charge is 0.289 e. The first-order valence-corrected chi connectivity index (χ1v) is 7.10. The lowest BCUT2D eigenvalue weighted by Gasteiger charge is -2.10. The number of nitriles is 1. The number of carbonyl (C=O) groups is 1. The molecule has 7 heteroatoms. The van der Waals surface area contributed by atoms with Crippen LogP contribution in [0.25, 0.3) is 0 Å². The zero-order valence-corrected chi connectivity index (χ0v) is 12.4. The van der Waals surface area contributed by atoms with Crippen molar-refractivity contribution in [2.24, 2.45) is 0 Å². The fourth-order valence-electron chi connectivity index (χ4n) is 1.78. The van der Waals surface area contributed by atoms with Crippen molar-refractivity contribution in [3.63, 3.8) is 0 Å². The molecule has 0 aliphatic carbocycles. The van der Waals surface area contributed by atoms with Gasteiger partial charge in [-0.1, -0.05) is 11.6 Å². The quantitative estimate of drug-likeness (QED) is 0.439. The number of ketones is 1. The number of alkyl halides is 3. The normalized spacial score (nSPS) is 11.0. The van der Waals surface area contributed by atoms with Crippen molar-refractivity contribution in [3.05, 3.63) is 64.2 Å². The third kappa shape index (κ3) is 3.62. The Balaban J connectivity index is 2.36. The number of benzene rings is 2. The van der Waals surface area contributed by atoms with Crippen molar-refractivity contribution in [2.45, 2.75) is 11.1 Å². The van der Waals surface area contributed by atoms with Crippen LogP contribution in [0, 0.1) is 10.7 Å². The van der Waals surface area contributed by atoms with E-state index in [-0.39, 0.29) is 11.1 Å². The number of thiocyanates is 1. The van der Waals surface area contributed by atoms with Gasteiger partial charge in [-0.2, -0.15) is 18.4 Å². The molecule has 0 heterocycles. The zero-order chi connectivity index (χ0) is 16.3. The molecule has 0 saturated carbocycles. The number of hydrogen-bond acceptors (Lipinski definition) is 3. The predicted octanol–water partition coefficient (Wildman–Crippen LogP) is 5.16. The molecule has 2 nitrogen and oxygen atoms in total. The van der Waals surface area contributed by atoms with E-state index >= 15 is 0 Å². The summed E-state index contributed by atoms with van der Waals surface area (Å²) in [6, 6.07) is 9.08. The number of nitrogens with zero attached hydrogens (tertiary/aromatic N) is 1. The average Bonchev–Trinajstić information content (AvgIpc) is 2.47. The van der Waals surface area contributed by atoms with E-state index in [1.807, 2.05) is 5.40 Å². The van der Waals surface area contributed by atoms with Crippen LogP contribution >= 0.6 is 23.4 Å². The Morgan fingerprint density at radius 2 is 1.68 bits per heavy atom. The molecule has 0 unspecified atom stereocenters. The molecule has 2 rings (SSSR count). The van der Waals surface area contributed by atoms with Crippen molar-refractivity contribution in [3.8, 4) is 5.40 Å². The van der Waals surface area contributed by atoms with Crippen molar-refractivity contribution >= 4 is 29.1 Å². The van der Waals surface area contributed by atoms with E-state index in [4.69, 9.17) is 16.9 Å². The average molecular weight is 342 g/mol. The Morgan fingerprint density at radius 3 is 2.23 bits per heavy atom. The van der Waals surface area contributed by atoms with Gasteiger partial charge in [-0.15, -0.1) is 0 Å². The molecule has 0 aromatic heterocycles. The van der Waals surface area contributed by atoms with Crippen LogP contribution in [0.3, 0.4) is 0 Å². The predicted molar refractivity (Wildman–Crippen MR) is 77.8 cm³/mol. The maximum Gasteiger partial charge on any atom is 0.417 e. The maximum atomic E-state index is 12.8. The van der Waals surface area contributed by atoms with E-state index in [0.29, 0.717) is 4.90 Å². The molecule has 0 N–H and O–H groups in total. The number of carbonyl (C=O) groups excluding carboxylic acids is 1. The molecular weight excluding hydrogens is 335 g/mol. The molecule has 112 valence electrons. The third-order valence-electron chi connectivity index (χ3n) is 2.81. The minimum absolute atomic E-state index is 0.0996. The highest BCUT2D eigenvalue weighted by Crippen LogP contribution is 2.35. The Kier molecular flexibility index (Phi) is 4.79. The minimum atomic E-state index is -4.62. The lowest BCUT2D eigenvalue weighted by atomic mass is 10.0. The van der Waals surface area contributed by atoms with Crippen LogP contribution in [-0.2, 0) is 6.18 Å². The van der Waals surface area contributed by atoms with Crippen LogP contribution in [0.1, 0.15) is 21.5 Å². The molecule has 0 spiro atoms. The van der Waals surface area contributed by atoms with E-state index in [0.717, 1.165) is 23.9 Å². The van der Waals surface area contributed by atoms with E-state index in [9.17, 15) is 18.0 Å². The molecule has 0 atom stereocenters. The van der Waals surface area contributed by atoms with Gasteiger partial charge in [0, 0.05) is 16.0 Å². The third-order valence-corrected chi connectivity index (χ3v) is 3.74. The number of thioether (sulfide) groups is 1. The monoisotopic (exact) mass is 341 g/mol. The highest BCUT2D eigenvalue weighted by atomic mass is 35.5. The summed E-state index contributed by atoms with van der Waals surface area (Å²) in [7, 11) is 0. The van der Waals surface area contributed by atoms with Crippen molar-refractivity contribution in [1.82, 2.24) is 0 Å². The van der Waals surface area contributed by atoms with Gasteiger partial charge >= 0.3 is 6.18 Å². The standard InChI is InChI=1S/C15H7ClF3NOS/c16-13-6-3-10(7-12(13)15(17,18)19)14(21)9-1-4-11(5-2-9)22-8-20/h1-7H. The first-order valence-electron chi connectivity index (χ1n) is 5.90. The number of hydrogen-bond donors (Lipinski definition) is 0. The van der Waals surface area contributed by atoms with E-state index < -0.39 is 22.5 Å². The molecule has 0 saturated heterocycles. The van der Waals surface area contributed by atoms with E-state index in [1.165, 1.54) is 18.2 Å². The molecule has 0 amide bonds. The van der Waals surface area contributed by atoms with Crippen LogP contribution in [0.5, 0.6) is 0 Å². The van der Waals surface area contributed by atoms with Gasteiger partial charge in [-0.25, -0.2) is 0 Å². The highest BCUT2D eigenvalue weighted by Gasteiger charge is 2.33. The summed E-state index contributed by atoms with van der Waals surface area (Å²) in [5.41, 5.74) is -0.910. The van der Waals surface area contributed by atoms with Crippen molar-refractivity contribution in [1.29, 1.82) is 5.26 Å². The van der Waals surface area contributed by atoms with Crippen molar-refractivity contribution in [2.75, 3.05) is 0 Å². The number of halogens is 4. The van der Waals surface area contributed by atoms with Gasteiger partial charge in [-0.3, -0.25) is 4.79 Å². The second kappa shape index (κ2) is 6.42. The Hall–Kier alpha value is -1.97. The topological polar surface area (TPSA) is 40.9 Å². The van der Waals surface area contributed by atoms with Gasteiger partial charge in [0.15, 0.2) is 5.78 Å². The summed E-state index contributed by atoms with van der Waals surface area (Å²) in [6.45, 7) is 0. The van der Waals surface area contributed by atoms with Crippen LogP contribution in [0.15, 0.2) is 47.4 Å². The molecule has 2 aromatic rings. The molecule has 22 heavy (non-hydrogen) atoms. The lowest BCUT2D eigenvalue weighted by Crippen LogP contribution is -2.09. The minimum Gasteiger partial charge on any atom is -0.289 e. The molecule has 0 fully saturated rings. The Morgan fingerprint density at radius 1 is 1.09 bits per heavy atom. The summed E-state index contributed by atoms with van der Waals surface area (Å²) in [6.07, 6.45) is -4.62. The molecule has 0 radical (unpaired) electrons. The summed E-state index contributed by atoms with van der Waals surface area (Å²) in [5.74, 6) is -0.546. The van der Waals surface area contributed by atoms with Gasteiger partial charge in [-0.05, 0) is 54.2 Å². The summed E-state index contributed by atoms with van der Waals surface area (Å²) >= 11 is 6.45. The highest BCUT2D eigenvalue weighted by molar-refractivity contribution is 8.03. The number of rotatable bonds is 3. The lowest BCUT2D eigenvalue weighted by molar-refractivity contribution is -0.137. The van der Waals surface area contributed by atoms with Crippen LogP contribution < -0.4 is 0 Å². The SMILES string of the molecule is N#CSc1ccc(C(=O)c2ccc(Cl)c(C(F)(F)F)c2)cc1. The molecule has 0 aliphatic heterocycles. The van der Waals surface area contributed by atoms with Gasteiger partial charge in [0.1, 0.15) is 5.40 Å². The first-order chi connectivity index (χ1) is 10.3. The first kappa shape index (κ1) is 16.4. The largest absolute Gasteiger partial charge is 0.417 e. The summed E-state index contributed by atoms with van der Waals surface area (Å²) < 4.78 is 38.4. The Bertz CT molecular complexity index is 751. The molecule has 0 aliphatic rings. The summed E-state index contributed by atoms with van der Waals surface area (Å²) in [5, 5.41) is 9.97. The second-order valence-corrected chi connectivity index (χ2v) is 5.50. The van der Waals surface area contributed by atoms with Gasteiger partial charge in [0.2, 0.25) is 0 Å². The maximum absolute atomic E-state index is 12.8.